The molecule has 0 N–H and O–H groups in total. The zero-order chi connectivity index (χ0) is 18.8. The highest BCUT2D eigenvalue weighted by molar-refractivity contribution is 6.33. The molecule has 25 heavy (non-hydrogen) atoms. The van der Waals surface area contributed by atoms with Gasteiger partial charge in [-0.1, -0.05) is 18.5 Å². The number of hydrogen-bond acceptors (Lipinski definition) is 5. The van der Waals surface area contributed by atoms with Crippen molar-refractivity contribution in [3.8, 4) is 5.75 Å². The van der Waals surface area contributed by atoms with Gasteiger partial charge in [0.15, 0.2) is 5.78 Å². The number of aromatic nitrogens is 1. The van der Waals surface area contributed by atoms with Crippen LogP contribution in [0.4, 0.5) is 4.79 Å². The second-order valence-corrected chi connectivity index (χ2v) is 7.93. The van der Waals surface area contributed by atoms with E-state index in [1.807, 2.05) is 27.7 Å². The van der Waals surface area contributed by atoms with E-state index in [4.69, 9.17) is 21.1 Å². The Morgan fingerprint density at radius 1 is 1.28 bits per heavy atom. The Balaban J connectivity index is 2.09. The summed E-state index contributed by atoms with van der Waals surface area (Å²) in [5, 5.41) is 0.168. The smallest absolute Gasteiger partial charge is 0.410 e. The van der Waals surface area contributed by atoms with E-state index < -0.39 is 11.0 Å². The molecule has 0 saturated carbocycles. The van der Waals surface area contributed by atoms with Gasteiger partial charge in [-0.25, -0.2) is 9.78 Å². The fourth-order valence-electron chi connectivity index (χ4n) is 2.76. The number of rotatable bonds is 3. The van der Waals surface area contributed by atoms with Crippen LogP contribution >= 0.6 is 11.6 Å². The normalized spacial score (nSPS) is 17.1. The van der Waals surface area contributed by atoms with Crippen LogP contribution in [0.2, 0.25) is 5.15 Å². The maximum Gasteiger partial charge on any atom is 0.410 e. The molecular weight excluding hydrogens is 344 g/mol. The molecule has 0 aliphatic carbocycles. The molecule has 0 aromatic carbocycles. The Morgan fingerprint density at radius 2 is 1.88 bits per heavy atom. The second kappa shape index (κ2) is 7.20. The summed E-state index contributed by atoms with van der Waals surface area (Å²) in [6.45, 7) is 8.33. The van der Waals surface area contributed by atoms with Crippen LogP contribution in [0.5, 0.6) is 5.75 Å². The number of carbonyl (C=O) groups excluding carboxylic acids is 2. The van der Waals surface area contributed by atoms with Gasteiger partial charge < -0.3 is 14.4 Å². The van der Waals surface area contributed by atoms with Crippen molar-refractivity contribution in [2.75, 3.05) is 20.2 Å². The van der Waals surface area contributed by atoms with E-state index in [-0.39, 0.29) is 17.0 Å². The van der Waals surface area contributed by atoms with Gasteiger partial charge in [0, 0.05) is 18.5 Å². The van der Waals surface area contributed by atoms with Gasteiger partial charge in [0.05, 0.1) is 18.9 Å². The molecule has 0 radical (unpaired) electrons. The first-order valence-electron chi connectivity index (χ1n) is 8.28. The summed E-state index contributed by atoms with van der Waals surface area (Å²) in [5.41, 5.74) is -0.780. The van der Waals surface area contributed by atoms with Crippen LogP contribution in [0.1, 0.15) is 50.9 Å². The minimum absolute atomic E-state index is 0.0762. The molecule has 1 aromatic heterocycles. The van der Waals surface area contributed by atoms with Crippen molar-refractivity contribution >= 4 is 23.5 Å². The van der Waals surface area contributed by atoms with Gasteiger partial charge >= 0.3 is 6.09 Å². The molecule has 1 aliphatic heterocycles. The highest BCUT2D eigenvalue weighted by Gasteiger charge is 2.40. The third-order valence-corrected chi connectivity index (χ3v) is 4.66. The van der Waals surface area contributed by atoms with Gasteiger partial charge in [-0.3, -0.25) is 4.79 Å². The summed E-state index contributed by atoms with van der Waals surface area (Å²) in [7, 11) is 1.51. The van der Waals surface area contributed by atoms with Gasteiger partial charge in [-0.05, 0) is 39.7 Å². The first-order valence-corrected chi connectivity index (χ1v) is 8.66. The van der Waals surface area contributed by atoms with Crippen LogP contribution in [0.25, 0.3) is 0 Å². The van der Waals surface area contributed by atoms with Crippen molar-refractivity contribution in [2.45, 2.75) is 46.1 Å². The number of pyridine rings is 1. The molecule has 1 aliphatic rings. The van der Waals surface area contributed by atoms with E-state index in [0.29, 0.717) is 37.2 Å². The fraction of sp³-hybridized carbons (Fsp3) is 0.611. The molecule has 2 heterocycles. The van der Waals surface area contributed by atoms with E-state index in [2.05, 4.69) is 4.98 Å². The third kappa shape index (κ3) is 4.63. The number of ether oxygens (including phenoxy) is 2. The topological polar surface area (TPSA) is 68.7 Å². The molecule has 1 fully saturated rings. The van der Waals surface area contributed by atoms with Gasteiger partial charge in [-0.15, -0.1) is 0 Å². The lowest BCUT2D eigenvalue weighted by Gasteiger charge is -2.38. The lowest BCUT2D eigenvalue weighted by molar-refractivity contribution is 0.0122. The molecule has 1 saturated heterocycles. The van der Waals surface area contributed by atoms with E-state index in [9.17, 15) is 9.59 Å². The molecular formula is C18H25ClN2O4. The molecule has 0 spiro atoms. The molecule has 0 unspecified atom stereocenters. The second-order valence-electron chi connectivity index (χ2n) is 7.57. The summed E-state index contributed by atoms with van der Waals surface area (Å²) in [4.78, 5) is 30.8. The van der Waals surface area contributed by atoms with Crippen molar-refractivity contribution in [1.29, 1.82) is 0 Å². The van der Waals surface area contributed by atoms with Crippen molar-refractivity contribution in [2.24, 2.45) is 5.41 Å². The average Bonchev–Trinajstić information content (AvgIpc) is 2.53. The highest BCUT2D eigenvalue weighted by atomic mass is 35.5. The fourth-order valence-corrected chi connectivity index (χ4v) is 2.95. The molecule has 7 heteroatoms. The number of hydrogen-bond donors (Lipinski definition) is 0. The zero-order valence-corrected chi connectivity index (χ0v) is 16.1. The average molecular weight is 369 g/mol. The Hall–Kier alpha value is -1.82. The Labute approximate surface area is 153 Å². The number of likely N-dealkylation sites (tertiary alicyclic amines) is 1. The zero-order valence-electron chi connectivity index (χ0n) is 15.4. The maximum absolute atomic E-state index is 13.0. The molecule has 6 nitrogen and oxygen atoms in total. The van der Waals surface area contributed by atoms with Crippen LogP contribution in [0, 0.1) is 5.41 Å². The number of ketones is 1. The summed E-state index contributed by atoms with van der Waals surface area (Å²) in [6.07, 6.45) is 2.21. The minimum Gasteiger partial charge on any atom is -0.495 e. The minimum atomic E-state index is -0.601. The number of nitrogens with zero attached hydrogens (tertiary/aromatic N) is 2. The van der Waals surface area contributed by atoms with Crippen LogP contribution in [0.15, 0.2) is 12.3 Å². The van der Waals surface area contributed by atoms with Gasteiger partial charge in [0.2, 0.25) is 0 Å². The predicted molar refractivity (Wildman–Crippen MR) is 95.3 cm³/mol. The SMILES string of the molecule is COc1cnc(Cl)c(C(=O)C2(C)CCN(C(=O)OC(C)(C)C)CC2)c1. The lowest BCUT2D eigenvalue weighted by atomic mass is 9.75. The molecule has 1 aromatic rings. The van der Waals surface area contributed by atoms with Crippen LogP contribution < -0.4 is 4.74 Å². The third-order valence-electron chi connectivity index (χ3n) is 4.36. The van der Waals surface area contributed by atoms with Crippen LogP contribution in [0.3, 0.4) is 0 Å². The summed E-state index contributed by atoms with van der Waals surface area (Å²) in [6, 6.07) is 1.61. The van der Waals surface area contributed by atoms with E-state index in [1.165, 1.54) is 13.3 Å². The summed E-state index contributed by atoms with van der Waals surface area (Å²) in [5.74, 6) is 0.412. The predicted octanol–water partition coefficient (Wildman–Crippen LogP) is 3.96. The van der Waals surface area contributed by atoms with Crippen molar-refractivity contribution in [1.82, 2.24) is 9.88 Å². The first-order chi connectivity index (χ1) is 11.6. The number of halogens is 1. The van der Waals surface area contributed by atoms with Gasteiger partial charge in [0.1, 0.15) is 16.5 Å². The largest absolute Gasteiger partial charge is 0.495 e. The summed E-state index contributed by atoms with van der Waals surface area (Å²) < 4.78 is 10.5. The van der Waals surface area contributed by atoms with E-state index >= 15 is 0 Å². The number of amides is 1. The molecule has 2 rings (SSSR count). The van der Waals surface area contributed by atoms with Crippen LogP contribution in [-0.2, 0) is 4.74 Å². The molecule has 1 amide bonds. The number of Topliss-reactive ketones (excluding diaryl/α,β-unsaturated/α-hetero) is 1. The summed E-state index contributed by atoms with van der Waals surface area (Å²) >= 11 is 6.11. The number of carbonyl (C=O) groups is 2. The Bertz CT molecular complexity index is 662. The standard InChI is InChI=1S/C18H25ClN2O4/c1-17(2,3)25-16(23)21-8-6-18(4,7-9-21)14(22)13-10-12(24-5)11-20-15(13)19/h10-11H,6-9H2,1-5H3. The van der Waals surface area contributed by atoms with Crippen molar-refractivity contribution in [3.63, 3.8) is 0 Å². The monoisotopic (exact) mass is 368 g/mol. The molecule has 0 bridgehead atoms. The van der Waals surface area contributed by atoms with E-state index in [1.54, 1.807) is 11.0 Å². The highest BCUT2D eigenvalue weighted by Crippen LogP contribution is 2.37. The maximum atomic E-state index is 13.0. The van der Waals surface area contributed by atoms with Crippen molar-refractivity contribution < 1.29 is 19.1 Å². The molecule has 0 atom stereocenters. The Kier molecular flexibility index (Phi) is 5.62. The lowest BCUT2D eigenvalue weighted by Crippen LogP contribution is -2.46. The van der Waals surface area contributed by atoms with Crippen molar-refractivity contribution in [3.05, 3.63) is 23.0 Å². The first kappa shape index (κ1) is 19.5. The number of methoxy groups -OCH3 is 1. The van der Waals surface area contributed by atoms with E-state index in [0.717, 1.165) is 0 Å². The quantitative estimate of drug-likeness (QED) is 0.596. The van der Waals surface area contributed by atoms with Crippen LogP contribution in [-0.4, -0.2) is 47.6 Å². The number of piperidine rings is 1. The Morgan fingerprint density at radius 3 is 2.40 bits per heavy atom. The van der Waals surface area contributed by atoms with Gasteiger partial charge in [-0.2, -0.15) is 0 Å². The molecule has 138 valence electrons. The van der Waals surface area contributed by atoms with Gasteiger partial charge in [0.25, 0.3) is 0 Å².